The van der Waals surface area contributed by atoms with E-state index in [2.05, 4.69) is 5.32 Å². The van der Waals surface area contributed by atoms with Gasteiger partial charge in [0.15, 0.2) is 11.5 Å². The Hall–Kier alpha value is -4.25. The van der Waals surface area contributed by atoms with E-state index in [4.69, 9.17) is 14.2 Å². The summed E-state index contributed by atoms with van der Waals surface area (Å²) in [5.41, 5.74) is 1.84. The van der Waals surface area contributed by atoms with Crippen LogP contribution < -0.4 is 23.8 Å². The minimum absolute atomic E-state index is 0.0185. The van der Waals surface area contributed by atoms with Crippen LogP contribution in [-0.4, -0.2) is 65.1 Å². The number of sulfonamides is 1. The summed E-state index contributed by atoms with van der Waals surface area (Å²) in [7, 11) is 0.258. The molecule has 232 valence electrons. The molecule has 3 aromatic carbocycles. The molecule has 1 N–H and O–H groups in total. The van der Waals surface area contributed by atoms with Crippen molar-refractivity contribution in [2.45, 2.75) is 57.6 Å². The van der Waals surface area contributed by atoms with Crippen molar-refractivity contribution < 1.29 is 32.2 Å². The Kier molecular flexibility index (Phi) is 11.4. The van der Waals surface area contributed by atoms with Gasteiger partial charge < -0.3 is 24.4 Å². The standard InChI is InChI=1S/C32H41N3O7S/c1-8-23(3)33-32(37)24(4)34(20-25-11-14-27(40-5)15-12-25)31(36)21-35(26-13-18-29(41-6)30(19-26)42-7)43(38,39)28-16-9-22(2)10-17-28/h9-19,23-24H,8,20-21H2,1-7H3,(H,33,37)/t23-,24-/m0/s1. The maximum absolute atomic E-state index is 14.1. The lowest BCUT2D eigenvalue weighted by Crippen LogP contribution is -2.52. The van der Waals surface area contributed by atoms with Gasteiger partial charge in [-0.1, -0.05) is 36.8 Å². The zero-order chi connectivity index (χ0) is 31.7. The van der Waals surface area contributed by atoms with Gasteiger partial charge in [-0.3, -0.25) is 13.9 Å². The number of hydrogen-bond acceptors (Lipinski definition) is 7. The summed E-state index contributed by atoms with van der Waals surface area (Å²) < 4.78 is 45.2. The molecule has 0 saturated heterocycles. The van der Waals surface area contributed by atoms with Crippen molar-refractivity contribution in [2.24, 2.45) is 0 Å². The Labute approximate surface area is 254 Å². The van der Waals surface area contributed by atoms with Crippen LogP contribution >= 0.6 is 0 Å². The minimum atomic E-state index is -4.22. The first kappa shape index (κ1) is 33.3. The average Bonchev–Trinajstić information content (AvgIpc) is 3.01. The van der Waals surface area contributed by atoms with E-state index in [-0.39, 0.29) is 29.1 Å². The molecule has 3 rings (SSSR count). The molecule has 10 nitrogen and oxygen atoms in total. The fourth-order valence-electron chi connectivity index (χ4n) is 4.32. The van der Waals surface area contributed by atoms with E-state index in [1.54, 1.807) is 62.6 Å². The van der Waals surface area contributed by atoms with E-state index in [0.717, 1.165) is 15.4 Å². The van der Waals surface area contributed by atoms with Crippen LogP contribution in [-0.2, 0) is 26.2 Å². The lowest BCUT2D eigenvalue weighted by atomic mass is 10.1. The molecule has 0 spiro atoms. The Morgan fingerprint density at radius 2 is 1.49 bits per heavy atom. The summed E-state index contributed by atoms with van der Waals surface area (Å²) in [6, 6.07) is 17.2. The summed E-state index contributed by atoms with van der Waals surface area (Å²) in [6.07, 6.45) is 0.715. The number of carbonyl (C=O) groups excluding carboxylic acids is 2. The average molecular weight is 612 g/mol. The molecule has 0 fully saturated rings. The number of anilines is 1. The Balaban J connectivity index is 2.08. The number of amides is 2. The first-order valence-corrected chi connectivity index (χ1v) is 15.4. The van der Waals surface area contributed by atoms with Gasteiger partial charge in [-0.15, -0.1) is 0 Å². The highest BCUT2D eigenvalue weighted by Gasteiger charge is 2.33. The van der Waals surface area contributed by atoms with Gasteiger partial charge in [0.25, 0.3) is 10.0 Å². The van der Waals surface area contributed by atoms with Gasteiger partial charge in [0.05, 0.1) is 31.9 Å². The number of nitrogens with zero attached hydrogens (tertiary/aromatic N) is 2. The second kappa shape index (κ2) is 14.8. The number of methoxy groups -OCH3 is 3. The molecule has 11 heteroatoms. The van der Waals surface area contributed by atoms with Crippen molar-refractivity contribution in [3.05, 3.63) is 77.9 Å². The zero-order valence-electron chi connectivity index (χ0n) is 25.8. The summed E-state index contributed by atoms with van der Waals surface area (Å²) in [4.78, 5) is 28.8. The van der Waals surface area contributed by atoms with Crippen LogP contribution in [0.3, 0.4) is 0 Å². The fourth-order valence-corrected chi connectivity index (χ4v) is 5.73. The fraction of sp³-hybridized carbons (Fsp3) is 0.375. The van der Waals surface area contributed by atoms with Crippen LogP contribution in [0.4, 0.5) is 5.69 Å². The SMILES string of the molecule is CC[C@H](C)NC(=O)[C@H](C)N(Cc1ccc(OC)cc1)C(=O)CN(c1ccc(OC)c(OC)c1)S(=O)(=O)c1ccc(C)cc1. The van der Waals surface area contributed by atoms with Crippen molar-refractivity contribution in [1.29, 1.82) is 0 Å². The molecule has 0 radical (unpaired) electrons. The Morgan fingerprint density at radius 1 is 0.860 bits per heavy atom. The molecule has 0 unspecified atom stereocenters. The van der Waals surface area contributed by atoms with Crippen LogP contribution in [0.5, 0.6) is 17.2 Å². The van der Waals surface area contributed by atoms with Crippen molar-refractivity contribution >= 4 is 27.5 Å². The first-order chi connectivity index (χ1) is 20.4. The second-order valence-corrected chi connectivity index (χ2v) is 12.1. The van der Waals surface area contributed by atoms with E-state index < -0.39 is 28.5 Å². The van der Waals surface area contributed by atoms with Crippen LogP contribution in [0, 0.1) is 6.92 Å². The van der Waals surface area contributed by atoms with E-state index in [0.29, 0.717) is 23.7 Å². The topological polar surface area (TPSA) is 114 Å². The van der Waals surface area contributed by atoms with Gasteiger partial charge in [-0.2, -0.15) is 0 Å². The minimum Gasteiger partial charge on any atom is -0.497 e. The molecular weight excluding hydrogens is 570 g/mol. The molecule has 0 aliphatic rings. The van der Waals surface area contributed by atoms with Gasteiger partial charge >= 0.3 is 0 Å². The van der Waals surface area contributed by atoms with Crippen molar-refractivity contribution in [3.8, 4) is 17.2 Å². The quantitative estimate of drug-likeness (QED) is 0.285. The number of ether oxygens (including phenoxy) is 3. The predicted octanol–water partition coefficient (Wildman–Crippen LogP) is 4.55. The highest BCUT2D eigenvalue weighted by atomic mass is 32.2. The van der Waals surface area contributed by atoms with E-state index in [1.807, 2.05) is 20.8 Å². The third kappa shape index (κ3) is 8.19. The number of rotatable bonds is 14. The molecule has 43 heavy (non-hydrogen) atoms. The first-order valence-electron chi connectivity index (χ1n) is 14.0. The third-order valence-electron chi connectivity index (χ3n) is 7.22. The third-order valence-corrected chi connectivity index (χ3v) is 9.01. The van der Waals surface area contributed by atoms with Crippen molar-refractivity contribution in [2.75, 3.05) is 32.2 Å². The van der Waals surface area contributed by atoms with Crippen LogP contribution in [0.25, 0.3) is 0 Å². The maximum atomic E-state index is 14.1. The Bertz CT molecular complexity index is 1490. The number of benzene rings is 3. The molecule has 0 aliphatic carbocycles. The molecule has 2 atom stereocenters. The van der Waals surface area contributed by atoms with Crippen molar-refractivity contribution in [1.82, 2.24) is 10.2 Å². The molecule has 0 saturated carbocycles. The molecule has 3 aromatic rings. The second-order valence-electron chi connectivity index (χ2n) is 10.2. The molecule has 2 amide bonds. The normalized spacial score (nSPS) is 12.5. The molecular formula is C32H41N3O7S. The molecule has 0 aromatic heterocycles. The van der Waals surface area contributed by atoms with E-state index in [1.165, 1.54) is 37.3 Å². The smallest absolute Gasteiger partial charge is 0.264 e. The van der Waals surface area contributed by atoms with Gasteiger partial charge in [0.2, 0.25) is 11.8 Å². The van der Waals surface area contributed by atoms with Gasteiger partial charge in [0, 0.05) is 18.7 Å². The predicted molar refractivity (Wildman–Crippen MR) is 166 cm³/mol. The van der Waals surface area contributed by atoms with Crippen LogP contribution in [0.2, 0.25) is 0 Å². The summed E-state index contributed by atoms with van der Waals surface area (Å²) in [5.74, 6) is 0.450. The van der Waals surface area contributed by atoms with E-state index in [9.17, 15) is 18.0 Å². The number of nitrogens with one attached hydrogen (secondary N) is 1. The highest BCUT2D eigenvalue weighted by Crippen LogP contribution is 2.34. The van der Waals surface area contributed by atoms with Crippen LogP contribution in [0.15, 0.2) is 71.6 Å². The van der Waals surface area contributed by atoms with Gasteiger partial charge in [0.1, 0.15) is 18.3 Å². The number of aryl methyl sites for hydroxylation is 1. The van der Waals surface area contributed by atoms with E-state index >= 15 is 0 Å². The largest absolute Gasteiger partial charge is 0.497 e. The highest BCUT2D eigenvalue weighted by molar-refractivity contribution is 7.92. The molecule has 0 aliphatic heterocycles. The zero-order valence-corrected chi connectivity index (χ0v) is 26.6. The maximum Gasteiger partial charge on any atom is 0.264 e. The van der Waals surface area contributed by atoms with Gasteiger partial charge in [-0.25, -0.2) is 8.42 Å². The summed E-state index contributed by atoms with van der Waals surface area (Å²) in [5, 5.41) is 2.93. The van der Waals surface area contributed by atoms with Crippen LogP contribution in [0.1, 0.15) is 38.3 Å². The molecule has 0 heterocycles. The van der Waals surface area contributed by atoms with Crippen molar-refractivity contribution in [3.63, 3.8) is 0 Å². The summed E-state index contributed by atoms with van der Waals surface area (Å²) in [6.45, 7) is 6.83. The lowest BCUT2D eigenvalue weighted by molar-refractivity contribution is -0.139. The molecule has 0 bridgehead atoms. The number of carbonyl (C=O) groups is 2. The number of hydrogen-bond donors (Lipinski definition) is 1. The Morgan fingerprint density at radius 3 is 2.05 bits per heavy atom. The van der Waals surface area contributed by atoms with Gasteiger partial charge in [-0.05, 0) is 69.2 Å². The monoisotopic (exact) mass is 611 g/mol. The summed E-state index contributed by atoms with van der Waals surface area (Å²) >= 11 is 0. The lowest BCUT2D eigenvalue weighted by Gasteiger charge is -2.32.